The van der Waals surface area contributed by atoms with Crippen molar-refractivity contribution in [2.45, 2.75) is 96.1 Å². The fourth-order valence-electron chi connectivity index (χ4n) is 9.75. The first-order valence-corrected chi connectivity index (χ1v) is 16.7. The molecule has 5 fully saturated rings. The van der Waals surface area contributed by atoms with Gasteiger partial charge < -0.3 is 25.6 Å². The minimum Gasteiger partial charge on any atom is -0.461 e. The molecule has 0 radical (unpaired) electrons. The van der Waals surface area contributed by atoms with Crippen LogP contribution in [0.15, 0.2) is 12.7 Å². The molecule has 0 aromatic heterocycles. The first-order chi connectivity index (χ1) is 19.3. The first-order valence-electron chi connectivity index (χ1n) is 15.6. The van der Waals surface area contributed by atoms with Crippen LogP contribution in [0.2, 0.25) is 0 Å². The fourth-order valence-corrected chi connectivity index (χ4v) is 11.0. The van der Waals surface area contributed by atoms with Crippen LogP contribution in [0.4, 0.5) is 0 Å². The molecule has 2 unspecified atom stereocenters. The highest BCUT2D eigenvalue weighted by Crippen LogP contribution is 2.68. The van der Waals surface area contributed by atoms with E-state index in [1.165, 1.54) is 0 Å². The van der Waals surface area contributed by atoms with Gasteiger partial charge in [0.1, 0.15) is 17.9 Å². The molecule has 1 heterocycles. The predicted octanol–water partition coefficient (Wildman–Crippen LogP) is 3.18. The zero-order valence-electron chi connectivity index (χ0n) is 25.2. The van der Waals surface area contributed by atoms with Crippen molar-refractivity contribution in [3.8, 4) is 0 Å². The van der Waals surface area contributed by atoms with Crippen LogP contribution < -0.4 is 5.73 Å². The molecule has 8 nitrogen and oxygen atoms in total. The van der Waals surface area contributed by atoms with E-state index in [0.717, 1.165) is 32.1 Å². The second-order valence-electron chi connectivity index (χ2n) is 14.5. The number of likely N-dealkylation sites (tertiary alicyclic amines) is 1. The lowest BCUT2D eigenvalue weighted by molar-refractivity contribution is -0.205. The van der Waals surface area contributed by atoms with Crippen LogP contribution in [0.1, 0.15) is 72.6 Å². The molecule has 11 atom stereocenters. The lowest BCUT2D eigenvalue weighted by Gasteiger charge is -2.61. The number of amides is 1. The first kappa shape index (κ1) is 31.0. The van der Waals surface area contributed by atoms with Crippen LogP contribution in [0.25, 0.3) is 0 Å². The lowest BCUT2D eigenvalue weighted by Crippen LogP contribution is -2.63. The van der Waals surface area contributed by atoms with Gasteiger partial charge in [-0.1, -0.05) is 33.8 Å². The summed E-state index contributed by atoms with van der Waals surface area (Å²) in [5, 5.41) is 21.3. The van der Waals surface area contributed by atoms with Crippen molar-refractivity contribution in [3.63, 3.8) is 0 Å². The van der Waals surface area contributed by atoms with Gasteiger partial charge in [-0.2, -0.15) is 0 Å². The average Bonchev–Trinajstić information content (AvgIpc) is 3.63. The Bertz CT molecular complexity index is 1060. The minimum atomic E-state index is -0.854. The van der Waals surface area contributed by atoms with Crippen LogP contribution >= 0.6 is 11.8 Å². The highest BCUT2D eigenvalue weighted by molar-refractivity contribution is 8.00. The van der Waals surface area contributed by atoms with Gasteiger partial charge in [0.15, 0.2) is 0 Å². The number of Topliss-reactive ketones (excluding diaryl/α,β-unsaturated/α-hetero) is 1. The zero-order chi connectivity index (χ0) is 29.9. The number of rotatable bonds is 7. The van der Waals surface area contributed by atoms with Crippen molar-refractivity contribution in [2.24, 2.45) is 51.6 Å². The summed E-state index contributed by atoms with van der Waals surface area (Å²) >= 11 is 1.64. The third-order valence-electron chi connectivity index (χ3n) is 12.5. The van der Waals surface area contributed by atoms with Crippen LogP contribution in [0.3, 0.4) is 0 Å². The number of nitrogens with zero attached hydrogens (tertiary/aromatic N) is 1. The summed E-state index contributed by atoms with van der Waals surface area (Å²) in [5.74, 6) is 0.798. The fraction of sp³-hybridized carbons (Fsp3) is 0.844. The molecule has 1 saturated heterocycles. The Hall–Kier alpha value is -1.42. The van der Waals surface area contributed by atoms with Crippen molar-refractivity contribution >= 4 is 29.4 Å². The molecule has 2 bridgehead atoms. The van der Waals surface area contributed by atoms with Gasteiger partial charge in [-0.05, 0) is 67.6 Å². The number of aliphatic hydroxyl groups is 2. The molecule has 4 saturated carbocycles. The maximum absolute atomic E-state index is 13.6. The number of carbonyl (C=O) groups excluding carboxylic acids is 3. The quantitative estimate of drug-likeness (QED) is 0.305. The minimum absolute atomic E-state index is 0.0478. The number of ether oxygens (including phenoxy) is 1. The van der Waals surface area contributed by atoms with Crippen molar-refractivity contribution < 1.29 is 29.3 Å². The summed E-state index contributed by atoms with van der Waals surface area (Å²) in [6.45, 7) is 13.6. The van der Waals surface area contributed by atoms with Gasteiger partial charge in [0.2, 0.25) is 5.91 Å². The molecule has 5 aliphatic rings. The van der Waals surface area contributed by atoms with E-state index in [4.69, 9.17) is 10.5 Å². The molecule has 4 N–H and O–H groups in total. The second-order valence-corrected chi connectivity index (χ2v) is 15.8. The summed E-state index contributed by atoms with van der Waals surface area (Å²) in [7, 11) is 0. The monoisotopic (exact) mass is 590 g/mol. The SMILES string of the molecule is C=C[C@]1(C)C[C@@H](OC(=O)CSC2CC3CN(C(=O)[C@H](N)CO)CC3C2)[C@]2(C)[C@H](C)CC[C@]3(CCC(=O)[C@H]32)[C@@H](C)[C@@H]1O. The van der Waals surface area contributed by atoms with Gasteiger partial charge in [0.25, 0.3) is 0 Å². The van der Waals surface area contributed by atoms with E-state index in [1.807, 2.05) is 13.0 Å². The predicted molar refractivity (Wildman–Crippen MR) is 159 cm³/mol. The Labute approximate surface area is 249 Å². The molecule has 1 amide bonds. The van der Waals surface area contributed by atoms with E-state index < -0.39 is 29.1 Å². The molecule has 1 aliphatic heterocycles. The van der Waals surface area contributed by atoms with Crippen LogP contribution in [0.5, 0.6) is 0 Å². The number of aliphatic hydroxyl groups excluding tert-OH is 2. The average molecular weight is 591 g/mol. The van der Waals surface area contributed by atoms with Crippen molar-refractivity contribution in [3.05, 3.63) is 12.7 Å². The number of ketones is 1. The van der Waals surface area contributed by atoms with E-state index >= 15 is 0 Å². The van der Waals surface area contributed by atoms with Crippen LogP contribution in [-0.2, 0) is 19.1 Å². The Morgan fingerprint density at radius 3 is 2.49 bits per heavy atom. The third-order valence-corrected chi connectivity index (χ3v) is 13.8. The van der Waals surface area contributed by atoms with Gasteiger partial charge in [-0.25, -0.2) is 0 Å². The number of esters is 1. The highest BCUT2D eigenvalue weighted by Gasteiger charge is 2.68. The van der Waals surface area contributed by atoms with E-state index in [9.17, 15) is 24.6 Å². The van der Waals surface area contributed by atoms with E-state index in [0.29, 0.717) is 43.0 Å². The van der Waals surface area contributed by atoms with Gasteiger partial charge in [-0.3, -0.25) is 14.4 Å². The molecular formula is C32H50N2O6S. The molecule has 0 aromatic rings. The maximum atomic E-state index is 13.6. The van der Waals surface area contributed by atoms with E-state index in [2.05, 4.69) is 27.4 Å². The molecule has 0 spiro atoms. The van der Waals surface area contributed by atoms with E-state index in [1.54, 1.807) is 16.7 Å². The Balaban J connectivity index is 1.28. The smallest absolute Gasteiger partial charge is 0.316 e. The number of hydrogen-bond acceptors (Lipinski definition) is 8. The van der Waals surface area contributed by atoms with Gasteiger partial charge >= 0.3 is 5.97 Å². The largest absolute Gasteiger partial charge is 0.461 e. The second kappa shape index (κ2) is 11.3. The Kier molecular flexibility index (Phi) is 8.51. The normalized spacial score (nSPS) is 46.3. The molecule has 41 heavy (non-hydrogen) atoms. The summed E-state index contributed by atoms with van der Waals surface area (Å²) < 4.78 is 6.40. The van der Waals surface area contributed by atoms with Crippen molar-refractivity contribution in [2.75, 3.05) is 25.4 Å². The molecular weight excluding hydrogens is 540 g/mol. The summed E-state index contributed by atoms with van der Waals surface area (Å²) in [4.78, 5) is 41.2. The molecule has 4 aliphatic carbocycles. The molecule has 230 valence electrons. The van der Waals surface area contributed by atoms with Gasteiger partial charge in [0, 0.05) is 41.5 Å². The van der Waals surface area contributed by atoms with Crippen molar-refractivity contribution in [1.29, 1.82) is 0 Å². The number of fused-ring (bicyclic) bond motifs is 1. The highest BCUT2D eigenvalue weighted by atomic mass is 32.2. The van der Waals surface area contributed by atoms with Gasteiger partial charge in [0.05, 0.1) is 18.5 Å². The Morgan fingerprint density at radius 2 is 1.88 bits per heavy atom. The number of carbonyl (C=O) groups is 3. The van der Waals surface area contributed by atoms with Crippen LogP contribution in [-0.4, -0.2) is 81.7 Å². The summed E-state index contributed by atoms with van der Waals surface area (Å²) in [6, 6.07) is -0.854. The Morgan fingerprint density at radius 1 is 1.22 bits per heavy atom. The molecule has 0 aromatic carbocycles. The molecule has 9 heteroatoms. The van der Waals surface area contributed by atoms with E-state index in [-0.39, 0.29) is 53.2 Å². The number of thioether (sulfide) groups is 1. The van der Waals surface area contributed by atoms with Crippen molar-refractivity contribution in [1.82, 2.24) is 4.90 Å². The third kappa shape index (κ3) is 5.00. The standard InChI is InChI=1S/C32H50N2O6S/c1-6-30(4)13-25(31(5)18(2)7-9-32(19(3)28(30)38)10-8-24(36)27(31)32)40-26(37)17-41-22-11-20-14-34(15-21(20)12-22)29(39)23(33)16-35/h6,18-23,25,27-28,35,38H,1,7-17,33H2,2-5H3/t18-,19+,20?,21?,22?,23-,25-,27+,28+,30-,31+,32+/m1/s1. The van der Waals surface area contributed by atoms with Crippen LogP contribution in [0, 0.1) is 45.8 Å². The molecule has 5 rings (SSSR count). The lowest BCUT2D eigenvalue weighted by atomic mass is 9.44. The maximum Gasteiger partial charge on any atom is 0.316 e. The topological polar surface area (TPSA) is 130 Å². The number of hydrogen-bond donors (Lipinski definition) is 3. The summed E-state index contributed by atoms with van der Waals surface area (Å²) in [5.41, 5.74) is 4.33. The summed E-state index contributed by atoms with van der Waals surface area (Å²) in [6.07, 6.45) is 6.21. The zero-order valence-corrected chi connectivity index (χ0v) is 26.0. The van der Waals surface area contributed by atoms with Gasteiger partial charge in [-0.15, -0.1) is 18.3 Å². The number of nitrogens with two attached hydrogens (primary N) is 1.